The summed E-state index contributed by atoms with van der Waals surface area (Å²) in [6.07, 6.45) is -3.00. The highest BCUT2D eigenvalue weighted by Crippen LogP contribution is 2.31. The van der Waals surface area contributed by atoms with Crippen LogP contribution in [0.4, 0.5) is 19.3 Å². The van der Waals surface area contributed by atoms with E-state index < -0.39 is 35.9 Å². The van der Waals surface area contributed by atoms with E-state index in [1.165, 1.54) is 7.11 Å². The van der Waals surface area contributed by atoms with Crippen LogP contribution in [0.2, 0.25) is 0 Å². The zero-order valence-corrected chi connectivity index (χ0v) is 20.0. The Kier molecular flexibility index (Phi) is 10.6. The van der Waals surface area contributed by atoms with E-state index in [0.29, 0.717) is 23.0 Å². The monoisotopic (exact) mass is 493 g/mol. The van der Waals surface area contributed by atoms with E-state index in [1.54, 1.807) is 45.0 Å². The number of amides is 1. The molecule has 0 aliphatic rings. The van der Waals surface area contributed by atoms with Gasteiger partial charge in [-0.2, -0.15) is 0 Å². The number of methoxy groups -OCH3 is 1. The quantitative estimate of drug-likeness (QED) is 0.350. The zero-order chi connectivity index (χ0) is 26.0. The van der Waals surface area contributed by atoms with Crippen molar-refractivity contribution in [3.8, 4) is 5.75 Å². The molecule has 2 N–H and O–H groups in total. The van der Waals surface area contributed by atoms with E-state index in [1.807, 2.05) is 0 Å². The number of rotatable bonds is 11. The SMILES string of the molecule is CCOC(=O)/C(C)=C(\C)[C@H](OC)[C@@H](OC(=O)Nc1ccc(F)cc1F)c1ccc(OCCO)cc1. The first-order chi connectivity index (χ1) is 16.7. The molecule has 0 aromatic heterocycles. The van der Waals surface area contributed by atoms with E-state index in [2.05, 4.69) is 5.32 Å². The second-order valence-corrected chi connectivity index (χ2v) is 7.40. The number of benzene rings is 2. The van der Waals surface area contributed by atoms with Crippen molar-refractivity contribution in [1.29, 1.82) is 0 Å². The Bertz CT molecular complexity index is 1040. The summed E-state index contributed by atoms with van der Waals surface area (Å²) < 4.78 is 48.8. The van der Waals surface area contributed by atoms with Gasteiger partial charge in [0.2, 0.25) is 0 Å². The first kappa shape index (κ1) is 27.7. The Hall–Kier alpha value is -3.50. The Morgan fingerprint density at radius 2 is 1.77 bits per heavy atom. The number of anilines is 1. The minimum atomic E-state index is -1.07. The Morgan fingerprint density at radius 1 is 1.09 bits per heavy atom. The van der Waals surface area contributed by atoms with Crippen LogP contribution in [-0.2, 0) is 19.0 Å². The van der Waals surface area contributed by atoms with Gasteiger partial charge in [0.05, 0.1) is 18.9 Å². The number of carbonyl (C=O) groups is 2. The fourth-order valence-electron chi connectivity index (χ4n) is 3.21. The van der Waals surface area contributed by atoms with Crippen LogP contribution >= 0.6 is 0 Å². The molecule has 0 radical (unpaired) electrons. The molecule has 1 amide bonds. The molecule has 2 rings (SSSR count). The van der Waals surface area contributed by atoms with Gasteiger partial charge in [0.25, 0.3) is 0 Å². The minimum Gasteiger partial charge on any atom is -0.491 e. The number of nitrogens with one attached hydrogen (secondary N) is 1. The predicted molar refractivity (Wildman–Crippen MR) is 124 cm³/mol. The van der Waals surface area contributed by atoms with Crippen LogP contribution < -0.4 is 10.1 Å². The summed E-state index contributed by atoms with van der Waals surface area (Å²) in [6, 6.07) is 9.18. The standard InChI is InChI=1S/C25H29F2NO7/c1-5-33-24(30)16(3)15(2)22(32-4)23(17-6-9-19(10-7-17)34-13-12-29)35-25(31)28-21-11-8-18(26)14-20(21)27/h6-11,14,22-23,29H,5,12-13H2,1-4H3,(H,28,31)/b16-15+/t22-,23-/m0/s1. The number of carbonyl (C=O) groups excluding carboxylic acids is 2. The molecule has 2 aromatic carbocycles. The average Bonchev–Trinajstić information content (AvgIpc) is 2.84. The number of halogens is 2. The molecule has 2 atom stereocenters. The molecule has 190 valence electrons. The Labute approximate surface area is 202 Å². The first-order valence-electron chi connectivity index (χ1n) is 10.8. The fraction of sp³-hybridized carbons (Fsp3) is 0.360. The highest BCUT2D eigenvalue weighted by atomic mass is 19.1. The Balaban J connectivity index is 2.39. The van der Waals surface area contributed by atoms with E-state index >= 15 is 0 Å². The van der Waals surface area contributed by atoms with Crippen LogP contribution in [0.15, 0.2) is 53.6 Å². The van der Waals surface area contributed by atoms with Crippen molar-refractivity contribution in [3.05, 3.63) is 70.8 Å². The lowest BCUT2D eigenvalue weighted by Crippen LogP contribution is -2.30. The van der Waals surface area contributed by atoms with Gasteiger partial charge in [-0.15, -0.1) is 0 Å². The number of hydrogen-bond donors (Lipinski definition) is 2. The summed E-state index contributed by atoms with van der Waals surface area (Å²) in [6.45, 7) is 5.02. The van der Waals surface area contributed by atoms with Gasteiger partial charge < -0.3 is 24.1 Å². The van der Waals surface area contributed by atoms with Gasteiger partial charge in [0, 0.05) is 18.7 Å². The van der Waals surface area contributed by atoms with Gasteiger partial charge in [-0.3, -0.25) is 5.32 Å². The summed E-state index contributed by atoms with van der Waals surface area (Å²) in [5.74, 6) is -1.83. The molecule has 10 heteroatoms. The molecule has 0 bridgehead atoms. The van der Waals surface area contributed by atoms with Crippen molar-refractivity contribution in [3.63, 3.8) is 0 Å². The van der Waals surface area contributed by atoms with Crippen molar-refractivity contribution in [1.82, 2.24) is 0 Å². The highest BCUT2D eigenvalue weighted by Gasteiger charge is 2.31. The minimum absolute atomic E-state index is 0.103. The first-order valence-corrected chi connectivity index (χ1v) is 10.8. The molecule has 8 nitrogen and oxygen atoms in total. The molecule has 0 saturated heterocycles. The second-order valence-electron chi connectivity index (χ2n) is 7.40. The number of esters is 1. The fourth-order valence-corrected chi connectivity index (χ4v) is 3.21. The molecule has 0 spiro atoms. The summed E-state index contributed by atoms with van der Waals surface area (Å²) >= 11 is 0. The summed E-state index contributed by atoms with van der Waals surface area (Å²) in [7, 11) is 1.39. The average molecular weight is 494 g/mol. The van der Waals surface area contributed by atoms with Crippen LogP contribution in [0.3, 0.4) is 0 Å². The van der Waals surface area contributed by atoms with Crippen LogP contribution in [0.5, 0.6) is 5.75 Å². The highest BCUT2D eigenvalue weighted by molar-refractivity contribution is 5.89. The topological polar surface area (TPSA) is 103 Å². The maximum Gasteiger partial charge on any atom is 0.412 e. The lowest BCUT2D eigenvalue weighted by Gasteiger charge is -2.28. The molecular weight excluding hydrogens is 464 g/mol. The normalized spacial score (nSPS) is 13.3. The number of aliphatic hydroxyl groups excluding tert-OH is 1. The molecule has 0 aliphatic carbocycles. The number of hydrogen-bond acceptors (Lipinski definition) is 7. The molecule has 0 fully saturated rings. The van der Waals surface area contributed by atoms with Crippen molar-refractivity contribution < 1.29 is 42.4 Å². The molecule has 35 heavy (non-hydrogen) atoms. The number of ether oxygens (including phenoxy) is 4. The van der Waals surface area contributed by atoms with Gasteiger partial charge in [0.1, 0.15) is 30.1 Å². The predicted octanol–water partition coefficient (Wildman–Crippen LogP) is 4.54. The van der Waals surface area contributed by atoms with Gasteiger partial charge in [-0.05, 0) is 56.2 Å². The van der Waals surface area contributed by atoms with Crippen LogP contribution in [0.1, 0.15) is 32.4 Å². The summed E-state index contributed by atoms with van der Waals surface area (Å²) in [5.41, 5.74) is 0.947. The van der Waals surface area contributed by atoms with E-state index in [0.717, 1.165) is 12.1 Å². The number of aliphatic hydroxyl groups is 1. The van der Waals surface area contributed by atoms with Crippen molar-refractivity contribution in [2.75, 3.05) is 32.2 Å². The largest absolute Gasteiger partial charge is 0.491 e. The van der Waals surface area contributed by atoms with Crippen LogP contribution in [-0.4, -0.2) is 50.2 Å². The van der Waals surface area contributed by atoms with Gasteiger partial charge in [-0.25, -0.2) is 18.4 Å². The lowest BCUT2D eigenvalue weighted by atomic mass is 9.95. The van der Waals surface area contributed by atoms with E-state index in [9.17, 15) is 18.4 Å². The van der Waals surface area contributed by atoms with Gasteiger partial charge >= 0.3 is 12.1 Å². The molecular formula is C25H29F2NO7. The van der Waals surface area contributed by atoms with Gasteiger partial charge in [-0.1, -0.05) is 12.1 Å². The zero-order valence-electron chi connectivity index (χ0n) is 20.0. The summed E-state index contributed by atoms with van der Waals surface area (Å²) in [5, 5.41) is 11.2. The maximum atomic E-state index is 14.0. The molecule has 0 aliphatic heterocycles. The van der Waals surface area contributed by atoms with Crippen molar-refractivity contribution in [2.45, 2.75) is 33.0 Å². The van der Waals surface area contributed by atoms with Crippen LogP contribution in [0, 0.1) is 11.6 Å². The smallest absolute Gasteiger partial charge is 0.412 e. The Morgan fingerprint density at radius 3 is 2.34 bits per heavy atom. The van der Waals surface area contributed by atoms with Crippen molar-refractivity contribution in [2.24, 2.45) is 0 Å². The van der Waals surface area contributed by atoms with Gasteiger partial charge in [0.15, 0.2) is 6.10 Å². The van der Waals surface area contributed by atoms with E-state index in [4.69, 9.17) is 24.1 Å². The summed E-state index contributed by atoms with van der Waals surface area (Å²) in [4.78, 5) is 25.0. The molecule has 0 unspecified atom stereocenters. The maximum absolute atomic E-state index is 14.0. The van der Waals surface area contributed by atoms with Crippen LogP contribution in [0.25, 0.3) is 0 Å². The molecule has 0 saturated carbocycles. The second kappa shape index (κ2) is 13.4. The third kappa shape index (κ3) is 7.76. The third-order valence-corrected chi connectivity index (χ3v) is 5.10. The molecule has 0 heterocycles. The van der Waals surface area contributed by atoms with E-state index in [-0.39, 0.29) is 31.1 Å². The van der Waals surface area contributed by atoms with Crippen molar-refractivity contribution >= 4 is 17.7 Å². The lowest BCUT2D eigenvalue weighted by molar-refractivity contribution is -0.138. The molecule has 2 aromatic rings. The third-order valence-electron chi connectivity index (χ3n) is 5.10.